The second kappa shape index (κ2) is 5.29. The molecule has 1 saturated heterocycles. The number of hydrogen-bond donors (Lipinski definition) is 1. The Bertz CT molecular complexity index is 620. The normalized spacial score (nSPS) is 27.4. The second-order valence-electron chi connectivity index (χ2n) is 5.21. The van der Waals surface area contributed by atoms with E-state index >= 15 is 0 Å². The molecule has 1 aromatic carbocycles. The van der Waals surface area contributed by atoms with Crippen LogP contribution >= 0.6 is 15.9 Å². The van der Waals surface area contributed by atoms with Crippen LogP contribution < -0.4 is 5.73 Å². The summed E-state index contributed by atoms with van der Waals surface area (Å²) in [7, 11) is -3.50. The first-order valence-corrected chi connectivity index (χ1v) is 8.92. The molecule has 1 aliphatic heterocycles. The SMILES string of the molecule is Nc1cc(S(=O)(=O)N2CCOC3CCCC32)ccc1Br. The van der Waals surface area contributed by atoms with Gasteiger partial charge in [0.2, 0.25) is 10.0 Å². The maximum absolute atomic E-state index is 12.8. The van der Waals surface area contributed by atoms with Crippen molar-refractivity contribution in [2.75, 3.05) is 18.9 Å². The van der Waals surface area contributed by atoms with Crippen molar-refractivity contribution in [3.05, 3.63) is 22.7 Å². The fraction of sp³-hybridized carbons (Fsp3) is 0.538. The van der Waals surface area contributed by atoms with Crippen LogP contribution in [0.3, 0.4) is 0 Å². The first kappa shape index (κ1) is 14.3. The van der Waals surface area contributed by atoms with Gasteiger partial charge in [0.1, 0.15) is 0 Å². The Kier molecular flexibility index (Phi) is 3.79. The largest absolute Gasteiger partial charge is 0.398 e. The van der Waals surface area contributed by atoms with E-state index in [4.69, 9.17) is 10.5 Å². The highest BCUT2D eigenvalue weighted by Gasteiger charge is 2.42. The summed E-state index contributed by atoms with van der Waals surface area (Å²) in [6, 6.07) is 4.75. The quantitative estimate of drug-likeness (QED) is 0.818. The van der Waals surface area contributed by atoms with Gasteiger partial charge < -0.3 is 10.5 Å². The fourth-order valence-corrected chi connectivity index (χ4v) is 4.95. The van der Waals surface area contributed by atoms with Crippen LogP contribution in [-0.4, -0.2) is 38.0 Å². The Morgan fingerprint density at radius 1 is 1.35 bits per heavy atom. The number of benzene rings is 1. The number of nitrogens with zero attached hydrogens (tertiary/aromatic N) is 1. The number of morpholine rings is 1. The van der Waals surface area contributed by atoms with Crippen LogP contribution in [0.5, 0.6) is 0 Å². The van der Waals surface area contributed by atoms with Crippen LogP contribution in [-0.2, 0) is 14.8 Å². The number of hydrogen-bond acceptors (Lipinski definition) is 4. The van der Waals surface area contributed by atoms with Crippen LogP contribution in [0.2, 0.25) is 0 Å². The monoisotopic (exact) mass is 360 g/mol. The number of fused-ring (bicyclic) bond motifs is 1. The predicted octanol–water partition coefficient (Wildman–Crippen LogP) is 1.97. The molecule has 2 unspecified atom stereocenters. The molecule has 3 rings (SSSR count). The summed E-state index contributed by atoms with van der Waals surface area (Å²) in [5, 5.41) is 0. The van der Waals surface area contributed by atoms with E-state index in [-0.39, 0.29) is 17.0 Å². The molecule has 5 nitrogen and oxygen atoms in total. The summed E-state index contributed by atoms with van der Waals surface area (Å²) < 4.78 is 33.6. The maximum atomic E-state index is 12.8. The van der Waals surface area contributed by atoms with Crippen LogP contribution in [0.1, 0.15) is 19.3 Å². The lowest BCUT2D eigenvalue weighted by molar-refractivity contribution is -0.0241. The van der Waals surface area contributed by atoms with Gasteiger partial charge in [-0.2, -0.15) is 4.31 Å². The van der Waals surface area contributed by atoms with Gasteiger partial charge in [0, 0.05) is 16.7 Å². The van der Waals surface area contributed by atoms with Gasteiger partial charge in [-0.25, -0.2) is 8.42 Å². The summed E-state index contributed by atoms with van der Waals surface area (Å²) in [5.74, 6) is 0. The van der Waals surface area contributed by atoms with E-state index in [1.165, 1.54) is 6.07 Å². The topological polar surface area (TPSA) is 72.6 Å². The van der Waals surface area contributed by atoms with E-state index in [0.717, 1.165) is 19.3 Å². The number of sulfonamides is 1. The number of rotatable bonds is 2. The van der Waals surface area contributed by atoms with E-state index in [0.29, 0.717) is 23.3 Å². The van der Waals surface area contributed by atoms with Gasteiger partial charge in [0.25, 0.3) is 0 Å². The average molecular weight is 361 g/mol. The Balaban J connectivity index is 1.96. The second-order valence-corrected chi connectivity index (χ2v) is 7.95. The van der Waals surface area contributed by atoms with Crippen molar-refractivity contribution in [2.24, 2.45) is 0 Å². The lowest BCUT2D eigenvalue weighted by Crippen LogP contribution is -2.51. The van der Waals surface area contributed by atoms with Crippen LogP contribution in [0.25, 0.3) is 0 Å². The smallest absolute Gasteiger partial charge is 0.243 e. The molecule has 0 bridgehead atoms. The van der Waals surface area contributed by atoms with E-state index in [1.54, 1.807) is 16.4 Å². The molecule has 1 saturated carbocycles. The standard InChI is InChI=1S/C13H17BrN2O3S/c14-10-5-4-9(8-11(10)15)20(17,18)16-6-7-19-13-3-1-2-12(13)16/h4-5,8,12-13H,1-3,6-7,15H2. The molecular weight excluding hydrogens is 344 g/mol. The third-order valence-corrected chi connectivity index (χ3v) is 6.65. The highest BCUT2D eigenvalue weighted by Crippen LogP contribution is 2.34. The first-order valence-electron chi connectivity index (χ1n) is 6.68. The fourth-order valence-electron chi connectivity index (χ4n) is 3.01. The predicted molar refractivity (Wildman–Crippen MR) is 79.8 cm³/mol. The molecule has 1 aliphatic carbocycles. The lowest BCUT2D eigenvalue weighted by atomic mass is 10.2. The average Bonchev–Trinajstić information content (AvgIpc) is 2.89. The summed E-state index contributed by atoms with van der Waals surface area (Å²) in [6.07, 6.45) is 2.88. The minimum atomic E-state index is -3.50. The zero-order valence-corrected chi connectivity index (χ0v) is 13.4. The number of anilines is 1. The molecule has 110 valence electrons. The van der Waals surface area contributed by atoms with Gasteiger partial charge >= 0.3 is 0 Å². The molecule has 2 N–H and O–H groups in total. The number of nitrogen functional groups attached to an aromatic ring is 1. The summed E-state index contributed by atoms with van der Waals surface area (Å²) in [4.78, 5) is 0.255. The first-order chi connectivity index (χ1) is 9.50. The van der Waals surface area contributed by atoms with Crippen molar-refractivity contribution in [1.29, 1.82) is 0 Å². The molecule has 20 heavy (non-hydrogen) atoms. The van der Waals surface area contributed by atoms with E-state index in [9.17, 15) is 8.42 Å². The Hall–Kier alpha value is -0.630. The van der Waals surface area contributed by atoms with Crippen molar-refractivity contribution in [3.8, 4) is 0 Å². The molecule has 2 fully saturated rings. The van der Waals surface area contributed by atoms with Gasteiger partial charge in [-0.15, -0.1) is 0 Å². The Morgan fingerprint density at radius 2 is 2.15 bits per heavy atom. The molecule has 1 aromatic rings. The van der Waals surface area contributed by atoms with Crippen LogP contribution in [0, 0.1) is 0 Å². The van der Waals surface area contributed by atoms with Crippen molar-refractivity contribution in [2.45, 2.75) is 36.3 Å². The third kappa shape index (κ3) is 2.36. The summed E-state index contributed by atoms with van der Waals surface area (Å²) in [5.41, 5.74) is 6.23. The Labute approximate surface area is 127 Å². The number of nitrogens with two attached hydrogens (primary N) is 1. The maximum Gasteiger partial charge on any atom is 0.243 e. The molecule has 7 heteroatoms. The van der Waals surface area contributed by atoms with E-state index < -0.39 is 10.0 Å². The molecule has 1 heterocycles. The van der Waals surface area contributed by atoms with Crippen molar-refractivity contribution in [3.63, 3.8) is 0 Å². The van der Waals surface area contributed by atoms with Crippen molar-refractivity contribution in [1.82, 2.24) is 4.31 Å². The van der Waals surface area contributed by atoms with Gasteiger partial charge in [0.15, 0.2) is 0 Å². The highest BCUT2D eigenvalue weighted by atomic mass is 79.9. The van der Waals surface area contributed by atoms with Crippen molar-refractivity contribution >= 4 is 31.6 Å². The van der Waals surface area contributed by atoms with Gasteiger partial charge in [0.05, 0.1) is 23.6 Å². The van der Waals surface area contributed by atoms with Gasteiger partial charge in [-0.3, -0.25) is 0 Å². The van der Waals surface area contributed by atoms with E-state index in [2.05, 4.69) is 15.9 Å². The zero-order chi connectivity index (χ0) is 14.3. The minimum absolute atomic E-state index is 0.0291. The molecular formula is C13H17BrN2O3S. The molecule has 2 atom stereocenters. The van der Waals surface area contributed by atoms with Gasteiger partial charge in [-0.1, -0.05) is 0 Å². The zero-order valence-electron chi connectivity index (χ0n) is 11.0. The number of ether oxygens (including phenoxy) is 1. The summed E-state index contributed by atoms with van der Waals surface area (Å²) >= 11 is 3.28. The molecule has 0 aromatic heterocycles. The molecule has 0 radical (unpaired) electrons. The van der Waals surface area contributed by atoms with Crippen molar-refractivity contribution < 1.29 is 13.2 Å². The van der Waals surface area contributed by atoms with Gasteiger partial charge in [-0.05, 0) is 53.4 Å². The highest BCUT2D eigenvalue weighted by molar-refractivity contribution is 9.10. The lowest BCUT2D eigenvalue weighted by Gasteiger charge is -2.36. The summed E-state index contributed by atoms with van der Waals surface area (Å²) in [6.45, 7) is 0.881. The Morgan fingerprint density at radius 3 is 2.90 bits per heavy atom. The van der Waals surface area contributed by atoms with Crippen LogP contribution in [0.4, 0.5) is 5.69 Å². The minimum Gasteiger partial charge on any atom is -0.398 e. The molecule has 2 aliphatic rings. The molecule has 0 amide bonds. The third-order valence-electron chi connectivity index (χ3n) is 4.01. The van der Waals surface area contributed by atoms with Crippen LogP contribution in [0.15, 0.2) is 27.6 Å². The van der Waals surface area contributed by atoms with E-state index in [1.807, 2.05) is 0 Å². The molecule has 0 spiro atoms. The number of halogens is 1.